The number of phenols is 1. The molecule has 0 saturated carbocycles. The first-order valence-electron chi connectivity index (χ1n) is 5.23. The van der Waals surface area contributed by atoms with Crippen LogP contribution < -0.4 is 0 Å². The molecule has 0 radical (unpaired) electrons. The fraction of sp³-hybridized carbons (Fsp3) is 0.333. The van der Waals surface area contributed by atoms with Gasteiger partial charge in [-0.05, 0) is 17.7 Å². The standard InChI is InChI=1S/C12H14O5S/c1-7(14)18-6-11(16)12(17)8-2-3-10(15)9(4-8)5-13/h2-5,11-12,15-17H,6H2,1H3. The van der Waals surface area contributed by atoms with E-state index >= 15 is 0 Å². The molecule has 0 bridgehead atoms. The van der Waals surface area contributed by atoms with E-state index in [1.54, 1.807) is 0 Å². The summed E-state index contributed by atoms with van der Waals surface area (Å²) in [6, 6.07) is 3.98. The van der Waals surface area contributed by atoms with E-state index in [4.69, 9.17) is 0 Å². The third-order valence-electron chi connectivity index (χ3n) is 2.34. The van der Waals surface area contributed by atoms with Crippen LogP contribution in [0.4, 0.5) is 0 Å². The molecule has 0 aliphatic heterocycles. The maximum atomic E-state index is 10.7. The predicted octanol–water partition coefficient (Wildman–Crippen LogP) is 0.879. The van der Waals surface area contributed by atoms with E-state index in [9.17, 15) is 24.9 Å². The van der Waals surface area contributed by atoms with Crippen molar-refractivity contribution in [2.24, 2.45) is 0 Å². The van der Waals surface area contributed by atoms with E-state index in [-0.39, 0.29) is 22.2 Å². The van der Waals surface area contributed by atoms with E-state index < -0.39 is 12.2 Å². The van der Waals surface area contributed by atoms with Crippen LogP contribution in [0.3, 0.4) is 0 Å². The van der Waals surface area contributed by atoms with Gasteiger partial charge in [-0.1, -0.05) is 17.8 Å². The lowest BCUT2D eigenvalue weighted by atomic mass is 10.0. The molecule has 1 aromatic rings. The summed E-state index contributed by atoms with van der Waals surface area (Å²) in [6.07, 6.45) is -1.87. The first-order chi connectivity index (χ1) is 8.45. The van der Waals surface area contributed by atoms with Crippen LogP contribution in [0.15, 0.2) is 18.2 Å². The number of aliphatic hydroxyl groups excluding tert-OH is 2. The number of aldehydes is 1. The molecule has 0 aliphatic carbocycles. The Morgan fingerprint density at radius 2 is 2.11 bits per heavy atom. The molecule has 5 nitrogen and oxygen atoms in total. The second-order valence-electron chi connectivity index (χ2n) is 3.75. The van der Waals surface area contributed by atoms with Crippen molar-refractivity contribution in [1.82, 2.24) is 0 Å². The van der Waals surface area contributed by atoms with Crippen LogP contribution in [0, 0.1) is 0 Å². The molecule has 0 fully saturated rings. The Labute approximate surface area is 108 Å². The van der Waals surface area contributed by atoms with Crippen molar-refractivity contribution in [3.63, 3.8) is 0 Å². The van der Waals surface area contributed by atoms with Crippen LogP contribution in [-0.2, 0) is 4.79 Å². The van der Waals surface area contributed by atoms with Crippen LogP contribution >= 0.6 is 11.8 Å². The summed E-state index contributed by atoms with van der Waals surface area (Å²) in [7, 11) is 0. The molecule has 1 aromatic carbocycles. The number of carbonyl (C=O) groups excluding carboxylic acids is 2. The van der Waals surface area contributed by atoms with E-state index in [2.05, 4.69) is 0 Å². The molecule has 2 atom stereocenters. The molecule has 1 rings (SSSR count). The monoisotopic (exact) mass is 270 g/mol. The molecule has 3 N–H and O–H groups in total. The minimum absolute atomic E-state index is 0.0398. The van der Waals surface area contributed by atoms with Crippen molar-refractivity contribution in [1.29, 1.82) is 0 Å². The lowest BCUT2D eigenvalue weighted by Gasteiger charge is -2.17. The number of thioether (sulfide) groups is 1. The number of phenolic OH excluding ortho intramolecular Hbond substituents is 1. The van der Waals surface area contributed by atoms with E-state index in [0.29, 0.717) is 11.8 Å². The Bertz CT molecular complexity index is 446. The van der Waals surface area contributed by atoms with Gasteiger partial charge >= 0.3 is 0 Å². The maximum Gasteiger partial charge on any atom is 0.185 e. The third-order valence-corrected chi connectivity index (χ3v) is 3.26. The lowest BCUT2D eigenvalue weighted by molar-refractivity contribution is -0.109. The Morgan fingerprint density at radius 1 is 1.44 bits per heavy atom. The van der Waals surface area contributed by atoms with Gasteiger partial charge in [0.05, 0.1) is 11.7 Å². The van der Waals surface area contributed by atoms with Crippen LogP contribution in [0.25, 0.3) is 0 Å². The Kier molecular flexibility index (Phi) is 5.33. The highest BCUT2D eigenvalue weighted by Gasteiger charge is 2.20. The summed E-state index contributed by atoms with van der Waals surface area (Å²) in [4.78, 5) is 21.4. The summed E-state index contributed by atoms with van der Waals surface area (Å²) >= 11 is 0.908. The van der Waals surface area contributed by atoms with Gasteiger partial charge in [-0.3, -0.25) is 9.59 Å². The van der Waals surface area contributed by atoms with Crippen molar-refractivity contribution in [2.45, 2.75) is 19.1 Å². The van der Waals surface area contributed by atoms with Crippen molar-refractivity contribution in [3.8, 4) is 5.75 Å². The van der Waals surface area contributed by atoms with Crippen LogP contribution in [-0.4, -0.2) is 38.6 Å². The zero-order chi connectivity index (χ0) is 13.7. The predicted molar refractivity (Wildman–Crippen MR) is 67.6 cm³/mol. The fourth-order valence-corrected chi connectivity index (χ4v) is 1.96. The highest BCUT2D eigenvalue weighted by atomic mass is 32.2. The van der Waals surface area contributed by atoms with Crippen molar-refractivity contribution >= 4 is 23.2 Å². The highest BCUT2D eigenvalue weighted by molar-refractivity contribution is 8.13. The molecule has 98 valence electrons. The van der Waals surface area contributed by atoms with Crippen LogP contribution in [0.5, 0.6) is 5.75 Å². The molecule has 2 unspecified atom stereocenters. The number of hydrogen-bond donors (Lipinski definition) is 3. The molecule has 0 amide bonds. The van der Waals surface area contributed by atoms with Crippen molar-refractivity contribution in [3.05, 3.63) is 29.3 Å². The summed E-state index contributed by atoms with van der Waals surface area (Å²) in [5.74, 6) is -0.123. The summed E-state index contributed by atoms with van der Waals surface area (Å²) in [5.41, 5.74) is 0.351. The molecule has 0 heterocycles. The van der Waals surface area contributed by atoms with Crippen molar-refractivity contribution in [2.75, 3.05) is 5.75 Å². The largest absolute Gasteiger partial charge is 0.507 e. The molecule has 0 saturated heterocycles. The summed E-state index contributed by atoms with van der Waals surface area (Å²) in [5, 5.41) is 28.7. The SMILES string of the molecule is CC(=O)SCC(O)C(O)c1ccc(O)c(C=O)c1. The lowest BCUT2D eigenvalue weighted by Crippen LogP contribution is -2.21. The number of hydrogen-bond acceptors (Lipinski definition) is 6. The van der Waals surface area contributed by atoms with Gasteiger partial charge in [0.15, 0.2) is 11.4 Å². The maximum absolute atomic E-state index is 10.7. The van der Waals surface area contributed by atoms with Gasteiger partial charge in [0.2, 0.25) is 0 Å². The Hall–Kier alpha value is -1.37. The van der Waals surface area contributed by atoms with Gasteiger partial charge in [-0.25, -0.2) is 0 Å². The summed E-state index contributed by atoms with van der Waals surface area (Å²) in [6.45, 7) is 1.37. The number of rotatable bonds is 5. The normalized spacial score (nSPS) is 13.9. The average molecular weight is 270 g/mol. The molecule has 18 heavy (non-hydrogen) atoms. The molecular formula is C12H14O5S. The Morgan fingerprint density at radius 3 is 2.67 bits per heavy atom. The third kappa shape index (κ3) is 3.83. The number of aromatic hydroxyl groups is 1. The average Bonchev–Trinajstić information content (AvgIpc) is 2.35. The highest BCUT2D eigenvalue weighted by Crippen LogP contribution is 2.24. The number of benzene rings is 1. The molecular weight excluding hydrogens is 256 g/mol. The number of carbonyl (C=O) groups is 2. The van der Waals surface area contributed by atoms with Crippen LogP contribution in [0.1, 0.15) is 28.9 Å². The van der Waals surface area contributed by atoms with Crippen LogP contribution in [0.2, 0.25) is 0 Å². The first-order valence-corrected chi connectivity index (χ1v) is 6.22. The van der Waals surface area contributed by atoms with E-state index in [1.165, 1.54) is 25.1 Å². The number of aliphatic hydroxyl groups is 2. The second kappa shape index (κ2) is 6.53. The van der Waals surface area contributed by atoms with E-state index in [1.807, 2.05) is 0 Å². The first kappa shape index (κ1) is 14.7. The minimum atomic E-state index is -1.21. The quantitative estimate of drug-likeness (QED) is 0.687. The smallest absolute Gasteiger partial charge is 0.185 e. The molecule has 6 heteroatoms. The second-order valence-corrected chi connectivity index (χ2v) is 4.95. The van der Waals surface area contributed by atoms with Gasteiger partial charge in [-0.2, -0.15) is 0 Å². The van der Waals surface area contributed by atoms with Gasteiger partial charge < -0.3 is 15.3 Å². The molecule has 0 aromatic heterocycles. The Balaban J connectivity index is 2.79. The summed E-state index contributed by atoms with van der Waals surface area (Å²) < 4.78 is 0. The zero-order valence-corrected chi connectivity index (χ0v) is 10.6. The topological polar surface area (TPSA) is 94.8 Å². The van der Waals surface area contributed by atoms with E-state index in [0.717, 1.165) is 11.8 Å². The fourth-order valence-electron chi connectivity index (χ4n) is 1.37. The van der Waals surface area contributed by atoms with Gasteiger partial charge in [-0.15, -0.1) is 0 Å². The van der Waals surface area contributed by atoms with Gasteiger partial charge in [0.1, 0.15) is 11.9 Å². The van der Waals surface area contributed by atoms with Gasteiger partial charge in [0, 0.05) is 12.7 Å². The van der Waals surface area contributed by atoms with Crippen molar-refractivity contribution < 1.29 is 24.9 Å². The van der Waals surface area contributed by atoms with Gasteiger partial charge in [0.25, 0.3) is 0 Å². The molecule has 0 aliphatic rings. The zero-order valence-electron chi connectivity index (χ0n) is 9.74. The molecule has 0 spiro atoms. The minimum Gasteiger partial charge on any atom is -0.507 e.